The molecule has 39 heavy (non-hydrogen) atoms. The van der Waals surface area contributed by atoms with E-state index in [1.807, 2.05) is 11.0 Å². The van der Waals surface area contributed by atoms with Crippen LogP contribution in [0.3, 0.4) is 0 Å². The summed E-state index contributed by atoms with van der Waals surface area (Å²) in [6.07, 6.45) is 2.46. The number of carbonyl (C=O) groups is 1. The Morgan fingerprint density at radius 2 is 1.77 bits per heavy atom. The number of hydrogen-bond acceptors (Lipinski definition) is 11. The van der Waals surface area contributed by atoms with E-state index in [2.05, 4.69) is 20.2 Å². The first-order chi connectivity index (χ1) is 18.8. The largest absolute Gasteiger partial charge is 0.497 e. The number of amides is 1. The number of aromatic nitrogens is 2. The lowest BCUT2D eigenvalue weighted by molar-refractivity contribution is 0.0383. The molecule has 1 amide bonds. The van der Waals surface area contributed by atoms with Crippen LogP contribution in [-0.2, 0) is 19.0 Å². The third-order valence-corrected chi connectivity index (χ3v) is 6.74. The predicted molar refractivity (Wildman–Crippen MR) is 146 cm³/mol. The van der Waals surface area contributed by atoms with Crippen LogP contribution in [0.1, 0.15) is 10.5 Å². The van der Waals surface area contributed by atoms with E-state index in [4.69, 9.17) is 18.4 Å². The molecule has 12 nitrogen and oxygen atoms in total. The van der Waals surface area contributed by atoms with Gasteiger partial charge in [-0.2, -0.15) is 8.42 Å². The summed E-state index contributed by atoms with van der Waals surface area (Å²) in [6, 6.07) is 10.8. The van der Waals surface area contributed by atoms with Crippen molar-refractivity contribution in [3.63, 3.8) is 0 Å². The molecule has 210 valence electrons. The topological polar surface area (TPSA) is 132 Å². The van der Waals surface area contributed by atoms with Crippen LogP contribution in [0.2, 0.25) is 0 Å². The summed E-state index contributed by atoms with van der Waals surface area (Å²) in [5.74, 6) is 0.823. The van der Waals surface area contributed by atoms with Gasteiger partial charge in [-0.3, -0.25) is 18.9 Å². The molecule has 2 aromatic carbocycles. The van der Waals surface area contributed by atoms with Gasteiger partial charge in [-0.05, 0) is 18.2 Å². The van der Waals surface area contributed by atoms with E-state index in [0.717, 1.165) is 25.9 Å². The van der Waals surface area contributed by atoms with Gasteiger partial charge in [0, 0.05) is 62.3 Å². The maximum absolute atomic E-state index is 12.8. The fraction of sp³-hybridized carbons (Fsp3) is 0.423. The van der Waals surface area contributed by atoms with Gasteiger partial charge in [0.25, 0.3) is 16.0 Å². The predicted octanol–water partition coefficient (Wildman–Crippen LogP) is 1.82. The van der Waals surface area contributed by atoms with Gasteiger partial charge in [-0.25, -0.2) is 4.98 Å². The maximum atomic E-state index is 12.8. The Morgan fingerprint density at radius 3 is 2.44 bits per heavy atom. The van der Waals surface area contributed by atoms with E-state index in [1.165, 1.54) is 6.20 Å². The molecule has 4 rings (SSSR count). The minimum atomic E-state index is -3.63. The summed E-state index contributed by atoms with van der Waals surface area (Å²) in [4.78, 5) is 25.8. The van der Waals surface area contributed by atoms with E-state index < -0.39 is 10.1 Å². The molecule has 1 fully saturated rings. The molecule has 1 aliphatic rings. The van der Waals surface area contributed by atoms with Crippen LogP contribution < -0.4 is 19.7 Å². The first-order valence-electron chi connectivity index (χ1n) is 12.5. The van der Waals surface area contributed by atoms with E-state index in [9.17, 15) is 13.2 Å². The Hall–Kier alpha value is -3.52. The summed E-state index contributed by atoms with van der Waals surface area (Å²) in [5, 5.41) is 2.91. The SMILES string of the molecule is COc1cc(OC)cc(N(CCOS(C)(=O)=O)c2ccc3ncc(C(=O)NCCN4CCOCC4)nc3c2)c1. The Labute approximate surface area is 228 Å². The summed E-state index contributed by atoms with van der Waals surface area (Å²) in [6.45, 7) is 4.42. The second-order valence-corrected chi connectivity index (χ2v) is 10.5. The number of hydrogen-bond donors (Lipinski definition) is 1. The van der Waals surface area contributed by atoms with Crippen LogP contribution in [0, 0.1) is 0 Å². The molecule has 0 atom stereocenters. The normalized spacial score (nSPS) is 14.2. The quantitative estimate of drug-likeness (QED) is 0.326. The molecule has 0 unspecified atom stereocenters. The Morgan fingerprint density at radius 1 is 1.05 bits per heavy atom. The number of carbonyl (C=O) groups excluding carboxylic acids is 1. The smallest absolute Gasteiger partial charge is 0.271 e. The molecule has 1 N–H and O–H groups in total. The van der Waals surface area contributed by atoms with Crippen molar-refractivity contribution in [2.45, 2.75) is 0 Å². The van der Waals surface area contributed by atoms with Gasteiger partial charge in [-0.1, -0.05) is 0 Å². The van der Waals surface area contributed by atoms with Crippen LogP contribution in [0.5, 0.6) is 11.5 Å². The summed E-state index contributed by atoms with van der Waals surface area (Å²) in [5.41, 5.74) is 2.70. The number of morpholine rings is 1. The average Bonchev–Trinajstić information content (AvgIpc) is 2.94. The van der Waals surface area contributed by atoms with E-state index in [0.29, 0.717) is 53.7 Å². The van der Waals surface area contributed by atoms with Crippen LogP contribution in [0.15, 0.2) is 42.6 Å². The van der Waals surface area contributed by atoms with E-state index in [-0.39, 0.29) is 24.8 Å². The van der Waals surface area contributed by atoms with Crippen LogP contribution >= 0.6 is 0 Å². The zero-order valence-corrected chi connectivity index (χ0v) is 23.1. The lowest BCUT2D eigenvalue weighted by Crippen LogP contribution is -2.41. The second kappa shape index (κ2) is 13.0. The Kier molecular flexibility index (Phi) is 9.51. The number of nitrogens with one attached hydrogen (secondary N) is 1. The number of methoxy groups -OCH3 is 2. The molecular formula is C26H33N5O7S. The lowest BCUT2D eigenvalue weighted by atomic mass is 10.2. The molecule has 13 heteroatoms. The third kappa shape index (κ3) is 7.99. The van der Waals surface area contributed by atoms with Crippen LogP contribution in [-0.4, -0.2) is 102 Å². The first kappa shape index (κ1) is 28.5. The second-order valence-electron chi connectivity index (χ2n) is 8.89. The first-order valence-corrected chi connectivity index (χ1v) is 14.3. The number of ether oxygens (including phenoxy) is 3. The van der Waals surface area contributed by atoms with Crippen molar-refractivity contribution in [1.82, 2.24) is 20.2 Å². The van der Waals surface area contributed by atoms with Gasteiger partial charge < -0.3 is 24.4 Å². The summed E-state index contributed by atoms with van der Waals surface area (Å²) >= 11 is 0. The van der Waals surface area contributed by atoms with Gasteiger partial charge in [-0.15, -0.1) is 0 Å². The van der Waals surface area contributed by atoms with Gasteiger partial charge in [0.1, 0.15) is 17.2 Å². The molecule has 0 spiro atoms. The summed E-state index contributed by atoms with van der Waals surface area (Å²) < 4.78 is 44.4. The van der Waals surface area contributed by atoms with Crippen molar-refractivity contribution in [1.29, 1.82) is 0 Å². The number of fused-ring (bicyclic) bond motifs is 1. The van der Waals surface area contributed by atoms with E-state index >= 15 is 0 Å². The minimum Gasteiger partial charge on any atom is -0.497 e. The van der Waals surface area contributed by atoms with Gasteiger partial charge in [0.05, 0.1) is 57.5 Å². The highest BCUT2D eigenvalue weighted by molar-refractivity contribution is 7.85. The van der Waals surface area contributed by atoms with Crippen molar-refractivity contribution in [2.24, 2.45) is 0 Å². The fourth-order valence-corrected chi connectivity index (χ4v) is 4.53. The molecule has 0 saturated carbocycles. The number of nitrogens with zero attached hydrogens (tertiary/aromatic N) is 4. The number of rotatable bonds is 12. The van der Waals surface area contributed by atoms with Crippen molar-refractivity contribution in [3.05, 3.63) is 48.3 Å². The fourth-order valence-electron chi connectivity index (χ4n) is 4.16. The highest BCUT2D eigenvalue weighted by Crippen LogP contribution is 2.33. The van der Waals surface area contributed by atoms with Crippen molar-refractivity contribution < 1.29 is 31.6 Å². The lowest BCUT2D eigenvalue weighted by Gasteiger charge is -2.26. The molecule has 0 aliphatic carbocycles. The Bertz CT molecular complexity index is 1370. The molecule has 1 aromatic heterocycles. The van der Waals surface area contributed by atoms with Crippen molar-refractivity contribution >= 4 is 38.4 Å². The zero-order valence-electron chi connectivity index (χ0n) is 22.3. The molecule has 1 saturated heterocycles. The molecule has 3 aromatic rings. The maximum Gasteiger partial charge on any atom is 0.271 e. The van der Waals surface area contributed by atoms with Crippen molar-refractivity contribution in [2.75, 3.05) is 77.9 Å². The number of anilines is 2. The van der Waals surface area contributed by atoms with Crippen LogP contribution in [0.4, 0.5) is 11.4 Å². The Balaban J connectivity index is 1.58. The third-order valence-electron chi connectivity index (χ3n) is 6.15. The zero-order chi connectivity index (χ0) is 27.8. The standard InChI is InChI=1S/C26H33N5O7S/c1-35-21-14-20(15-22(17-21)36-2)31(10-13-38-39(3,33)34)19-4-5-23-24(16-19)29-25(18-28-23)26(32)27-6-7-30-8-11-37-12-9-30/h4-5,14-18H,6-13H2,1-3H3,(H,27,32). The van der Waals surface area contributed by atoms with Gasteiger partial charge >= 0.3 is 0 Å². The monoisotopic (exact) mass is 559 g/mol. The minimum absolute atomic E-state index is 0.0896. The van der Waals surface area contributed by atoms with Gasteiger partial charge in [0.15, 0.2) is 0 Å². The summed E-state index contributed by atoms with van der Waals surface area (Å²) in [7, 11) is -0.526. The highest BCUT2D eigenvalue weighted by Gasteiger charge is 2.17. The van der Waals surface area contributed by atoms with Gasteiger partial charge in [0.2, 0.25) is 0 Å². The van der Waals surface area contributed by atoms with E-state index in [1.54, 1.807) is 44.6 Å². The number of benzene rings is 2. The molecule has 0 radical (unpaired) electrons. The van der Waals surface area contributed by atoms with Crippen LogP contribution in [0.25, 0.3) is 11.0 Å². The van der Waals surface area contributed by atoms with Crippen molar-refractivity contribution in [3.8, 4) is 11.5 Å². The highest BCUT2D eigenvalue weighted by atomic mass is 32.2. The average molecular weight is 560 g/mol. The molecule has 1 aliphatic heterocycles. The molecule has 0 bridgehead atoms. The molecule has 2 heterocycles. The molecular weight excluding hydrogens is 526 g/mol.